The Balaban J connectivity index is 1.31. The second kappa shape index (κ2) is 10.5. The highest BCUT2D eigenvalue weighted by molar-refractivity contribution is 6.36. The molecule has 6 rings (SSSR count). The molecule has 1 aromatic heterocycles. The summed E-state index contributed by atoms with van der Waals surface area (Å²) in [7, 11) is 1.90. The lowest BCUT2D eigenvalue weighted by molar-refractivity contribution is 0.0880. The summed E-state index contributed by atoms with van der Waals surface area (Å²) in [6.07, 6.45) is 7.52. The molecule has 3 N–H and O–H groups in total. The Morgan fingerprint density at radius 2 is 1.79 bits per heavy atom. The Morgan fingerprint density at radius 3 is 2.59 bits per heavy atom. The van der Waals surface area contributed by atoms with Crippen LogP contribution in [0.1, 0.15) is 59.2 Å². The summed E-state index contributed by atoms with van der Waals surface area (Å²) >= 11 is 6.50. The van der Waals surface area contributed by atoms with E-state index in [1.165, 1.54) is 32.1 Å². The third kappa shape index (κ3) is 4.64. The van der Waals surface area contributed by atoms with Gasteiger partial charge in [0.15, 0.2) is 11.5 Å². The van der Waals surface area contributed by atoms with E-state index in [2.05, 4.69) is 10.6 Å². The van der Waals surface area contributed by atoms with Crippen LogP contribution >= 0.6 is 11.6 Å². The molecule has 0 saturated heterocycles. The van der Waals surface area contributed by atoms with Gasteiger partial charge in [0.25, 0.3) is 11.8 Å². The lowest BCUT2D eigenvalue weighted by atomic mass is 9.89. The van der Waals surface area contributed by atoms with Crippen LogP contribution in [0.3, 0.4) is 0 Å². The van der Waals surface area contributed by atoms with E-state index in [4.69, 9.17) is 16.3 Å². The monoisotopic (exact) mass is 545 g/mol. The van der Waals surface area contributed by atoms with Crippen molar-refractivity contribution in [3.8, 4) is 22.6 Å². The molecule has 1 fully saturated rings. The van der Waals surface area contributed by atoms with Crippen LogP contribution in [0.25, 0.3) is 32.9 Å². The molecule has 1 aliphatic heterocycles. The highest BCUT2D eigenvalue weighted by Gasteiger charge is 2.35. The smallest absolute Gasteiger partial charge is 0.259 e. The van der Waals surface area contributed by atoms with E-state index in [0.29, 0.717) is 50.4 Å². The molecule has 202 valence electrons. The number of amides is 2. The number of rotatable bonds is 8. The Kier molecular flexibility index (Phi) is 6.95. The SMILES string of the molecule is Cn1c2cc(OCCCNCC3CCCCC3)c(O)cc2c2c3c(c(-c4ccccc4Cl)cc21)C(=O)NC3=O. The Bertz CT molecular complexity index is 1600. The molecule has 2 amide bonds. The molecular weight excluding hydrogens is 514 g/mol. The number of hydrogen-bond acceptors (Lipinski definition) is 5. The van der Waals surface area contributed by atoms with Crippen molar-refractivity contribution in [3.63, 3.8) is 0 Å². The zero-order valence-electron chi connectivity index (χ0n) is 22.0. The number of imide groups is 1. The number of carbonyl (C=O) groups excluding carboxylic acids is 2. The number of hydrogen-bond donors (Lipinski definition) is 3. The van der Waals surface area contributed by atoms with E-state index in [1.807, 2.05) is 35.9 Å². The van der Waals surface area contributed by atoms with Crippen molar-refractivity contribution in [2.75, 3.05) is 19.7 Å². The number of aromatic nitrogens is 1. The number of nitrogens with zero attached hydrogens (tertiary/aromatic N) is 1. The fourth-order valence-electron chi connectivity index (χ4n) is 6.15. The van der Waals surface area contributed by atoms with Crippen LogP contribution in [0.5, 0.6) is 11.5 Å². The van der Waals surface area contributed by atoms with Gasteiger partial charge in [0.1, 0.15) is 0 Å². The molecule has 0 bridgehead atoms. The first-order chi connectivity index (χ1) is 18.9. The maximum atomic E-state index is 13.0. The van der Waals surface area contributed by atoms with Crippen molar-refractivity contribution in [3.05, 3.63) is 58.6 Å². The molecule has 0 spiro atoms. The third-order valence-electron chi connectivity index (χ3n) is 8.13. The molecule has 0 atom stereocenters. The number of benzene rings is 3. The van der Waals surface area contributed by atoms with E-state index in [9.17, 15) is 14.7 Å². The van der Waals surface area contributed by atoms with Crippen LogP contribution < -0.4 is 15.4 Å². The van der Waals surface area contributed by atoms with Gasteiger partial charge >= 0.3 is 0 Å². The first-order valence-corrected chi connectivity index (χ1v) is 14.1. The fraction of sp³-hybridized carbons (Fsp3) is 0.355. The molecule has 4 aromatic rings. The zero-order valence-corrected chi connectivity index (χ0v) is 22.7. The minimum atomic E-state index is -0.457. The number of phenolic OH excluding ortho intramolecular Hbond substituents is 1. The Morgan fingerprint density at radius 1 is 1.03 bits per heavy atom. The summed E-state index contributed by atoms with van der Waals surface area (Å²) < 4.78 is 7.93. The Hall–Kier alpha value is -3.55. The van der Waals surface area contributed by atoms with E-state index in [0.717, 1.165) is 36.5 Å². The second-order valence-electron chi connectivity index (χ2n) is 10.6. The zero-order chi connectivity index (χ0) is 27.1. The topological polar surface area (TPSA) is 92.6 Å². The molecule has 2 heterocycles. The van der Waals surface area contributed by atoms with Gasteiger partial charge in [-0.25, -0.2) is 0 Å². The molecule has 0 radical (unpaired) electrons. The van der Waals surface area contributed by atoms with Gasteiger partial charge in [-0.2, -0.15) is 0 Å². The molecule has 1 aliphatic carbocycles. The van der Waals surface area contributed by atoms with Gasteiger partial charge in [-0.3, -0.25) is 14.9 Å². The van der Waals surface area contributed by atoms with E-state index >= 15 is 0 Å². The number of aromatic hydroxyl groups is 1. The number of ether oxygens (including phenoxy) is 1. The molecule has 7 nitrogen and oxygen atoms in total. The number of halogens is 1. The van der Waals surface area contributed by atoms with Crippen LogP contribution in [-0.2, 0) is 7.05 Å². The van der Waals surface area contributed by atoms with Crippen molar-refractivity contribution in [1.82, 2.24) is 15.2 Å². The quantitative estimate of drug-likeness (QED) is 0.182. The number of carbonyl (C=O) groups is 2. The number of fused-ring (bicyclic) bond motifs is 5. The number of phenols is 1. The summed E-state index contributed by atoms with van der Waals surface area (Å²) in [4.78, 5) is 25.9. The molecular formula is C31H32ClN3O4. The van der Waals surface area contributed by atoms with Gasteiger partial charge in [0.05, 0.1) is 28.8 Å². The first-order valence-electron chi connectivity index (χ1n) is 13.7. The van der Waals surface area contributed by atoms with Gasteiger partial charge in [-0.15, -0.1) is 0 Å². The normalized spacial score (nSPS) is 15.7. The van der Waals surface area contributed by atoms with Gasteiger partial charge < -0.3 is 19.7 Å². The van der Waals surface area contributed by atoms with Crippen molar-refractivity contribution >= 4 is 45.2 Å². The number of aryl methyl sites for hydroxylation is 1. The lowest BCUT2D eigenvalue weighted by Crippen LogP contribution is -2.26. The average Bonchev–Trinajstić information content (AvgIpc) is 3.38. The van der Waals surface area contributed by atoms with Gasteiger partial charge in [0, 0.05) is 34.5 Å². The van der Waals surface area contributed by atoms with Crippen LogP contribution in [0.2, 0.25) is 5.02 Å². The summed E-state index contributed by atoms with van der Waals surface area (Å²) in [5, 5.41) is 18.6. The van der Waals surface area contributed by atoms with Gasteiger partial charge in [-0.05, 0) is 62.0 Å². The van der Waals surface area contributed by atoms with E-state index in [1.54, 1.807) is 18.2 Å². The molecule has 8 heteroatoms. The van der Waals surface area contributed by atoms with E-state index in [-0.39, 0.29) is 5.75 Å². The summed E-state index contributed by atoms with van der Waals surface area (Å²) in [5.41, 5.74) is 3.42. The standard InChI is InChI=1S/C31H32ClN3O4/c1-35-23-16-26(39-13-7-12-33-17-18-8-3-2-4-9-18)25(36)15-21(23)27-24(35)14-20(19-10-5-6-11-22(19)32)28-29(27)31(38)34-30(28)37/h5-6,10-11,14-16,18,33,36H,2-4,7-9,12-13,17H2,1H3,(H,34,37,38). The predicted octanol–water partition coefficient (Wildman–Crippen LogP) is 6.18. The minimum Gasteiger partial charge on any atom is -0.504 e. The molecule has 0 unspecified atom stereocenters. The maximum Gasteiger partial charge on any atom is 0.259 e. The summed E-state index contributed by atoms with van der Waals surface area (Å²) in [6.45, 7) is 2.40. The highest BCUT2D eigenvalue weighted by Crippen LogP contribution is 2.44. The molecule has 1 saturated carbocycles. The van der Waals surface area contributed by atoms with Gasteiger partial charge in [-0.1, -0.05) is 49.1 Å². The van der Waals surface area contributed by atoms with Crippen molar-refractivity contribution in [1.29, 1.82) is 0 Å². The largest absolute Gasteiger partial charge is 0.504 e. The highest BCUT2D eigenvalue weighted by atomic mass is 35.5. The van der Waals surface area contributed by atoms with Crippen molar-refractivity contribution < 1.29 is 19.4 Å². The minimum absolute atomic E-state index is 0.00109. The third-order valence-corrected chi connectivity index (χ3v) is 8.46. The van der Waals surface area contributed by atoms with Gasteiger partial charge in [0.2, 0.25) is 0 Å². The number of nitrogens with one attached hydrogen (secondary N) is 2. The first kappa shape index (κ1) is 25.7. The predicted molar refractivity (Wildman–Crippen MR) is 154 cm³/mol. The molecule has 2 aliphatic rings. The maximum absolute atomic E-state index is 13.0. The van der Waals surface area contributed by atoms with Crippen LogP contribution in [-0.4, -0.2) is 41.2 Å². The van der Waals surface area contributed by atoms with E-state index < -0.39 is 11.8 Å². The van der Waals surface area contributed by atoms with Crippen molar-refractivity contribution in [2.24, 2.45) is 13.0 Å². The second-order valence-corrected chi connectivity index (χ2v) is 11.0. The van der Waals surface area contributed by atoms with Crippen LogP contribution in [0, 0.1) is 5.92 Å². The Labute approximate surface area is 232 Å². The molecule has 39 heavy (non-hydrogen) atoms. The van der Waals surface area contributed by atoms with Crippen LogP contribution in [0.15, 0.2) is 42.5 Å². The lowest BCUT2D eigenvalue weighted by Gasteiger charge is -2.21. The average molecular weight is 546 g/mol. The molecule has 3 aromatic carbocycles. The van der Waals surface area contributed by atoms with Crippen molar-refractivity contribution in [2.45, 2.75) is 38.5 Å². The van der Waals surface area contributed by atoms with Crippen LogP contribution in [0.4, 0.5) is 0 Å². The summed E-state index contributed by atoms with van der Waals surface area (Å²) in [5.74, 6) is 0.268. The summed E-state index contributed by atoms with van der Waals surface area (Å²) in [6, 6.07) is 12.6. The fourth-order valence-corrected chi connectivity index (χ4v) is 6.38.